The lowest BCUT2D eigenvalue weighted by molar-refractivity contribution is 0.0188. The van der Waals surface area contributed by atoms with Gasteiger partial charge < -0.3 is 9.84 Å². The molecule has 2 heterocycles. The van der Waals surface area contributed by atoms with Crippen molar-refractivity contribution in [1.82, 2.24) is 19.7 Å². The quantitative estimate of drug-likeness (QED) is 0.761. The molecule has 0 unspecified atom stereocenters. The highest BCUT2D eigenvalue weighted by Crippen LogP contribution is 2.40. The summed E-state index contributed by atoms with van der Waals surface area (Å²) in [4.78, 5) is 6.99. The van der Waals surface area contributed by atoms with Gasteiger partial charge in [-0.15, -0.1) is 5.10 Å². The highest BCUT2D eigenvalue weighted by molar-refractivity contribution is 7.99. The van der Waals surface area contributed by atoms with Crippen LogP contribution in [0.3, 0.4) is 0 Å². The van der Waals surface area contributed by atoms with Crippen LogP contribution in [0.4, 0.5) is 0 Å². The van der Waals surface area contributed by atoms with Gasteiger partial charge in [-0.1, -0.05) is 30.0 Å². The number of aliphatic hydroxyl groups excluding tert-OH is 1. The average Bonchev–Trinajstić information content (AvgIpc) is 3.41. The summed E-state index contributed by atoms with van der Waals surface area (Å²) in [7, 11) is 0. The van der Waals surface area contributed by atoms with Crippen LogP contribution in [0.15, 0.2) is 35.5 Å². The zero-order chi connectivity index (χ0) is 17.1. The van der Waals surface area contributed by atoms with E-state index in [0.29, 0.717) is 18.2 Å². The van der Waals surface area contributed by atoms with Gasteiger partial charge >= 0.3 is 0 Å². The summed E-state index contributed by atoms with van der Waals surface area (Å²) in [6.07, 6.45) is 2.00. The Kier molecular flexibility index (Phi) is 5.36. The summed E-state index contributed by atoms with van der Waals surface area (Å²) in [5.41, 5.74) is 1.05. The molecule has 134 valence electrons. The smallest absolute Gasteiger partial charge is 0.209 e. The van der Waals surface area contributed by atoms with Gasteiger partial charge in [0.15, 0.2) is 0 Å². The number of nitrogens with zero attached hydrogens (tertiary/aromatic N) is 4. The fourth-order valence-electron chi connectivity index (χ4n) is 3.04. The number of benzene rings is 1. The number of hydrogen-bond donors (Lipinski definition) is 1. The number of hydrogen-bond acceptors (Lipinski definition) is 6. The molecular weight excluding hydrogens is 336 g/mol. The highest BCUT2D eigenvalue weighted by atomic mass is 32.2. The van der Waals surface area contributed by atoms with Gasteiger partial charge in [0.05, 0.1) is 25.0 Å². The van der Waals surface area contributed by atoms with Gasteiger partial charge in [-0.25, -0.2) is 9.67 Å². The topological polar surface area (TPSA) is 63.4 Å². The Morgan fingerprint density at radius 2 is 1.96 bits per heavy atom. The molecule has 0 spiro atoms. The average molecular weight is 360 g/mol. The standard InChI is InChI=1S/C18H24N4O2S/c23-16(12-21-8-10-24-11-9-21)13-25-18-19-17(14-6-7-14)22(20-18)15-4-2-1-3-5-15/h1-5,14,16,23H,6-13H2/t16-/m1/s1. The molecule has 1 aliphatic carbocycles. The van der Waals surface area contributed by atoms with Gasteiger partial charge in [-0.2, -0.15) is 0 Å². The minimum absolute atomic E-state index is 0.379. The minimum Gasteiger partial charge on any atom is -0.391 e. The molecular formula is C18H24N4O2S. The molecule has 2 aliphatic rings. The van der Waals surface area contributed by atoms with Gasteiger partial charge in [0, 0.05) is 31.3 Å². The van der Waals surface area contributed by atoms with Crippen molar-refractivity contribution in [3.05, 3.63) is 36.2 Å². The van der Waals surface area contributed by atoms with Gasteiger partial charge in [-0.3, -0.25) is 4.90 Å². The SMILES string of the molecule is O[C@@H](CSc1nc(C2CC2)n(-c2ccccc2)n1)CN1CCOCC1. The maximum absolute atomic E-state index is 10.3. The lowest BCUT2D eigenvalue weighted by Crippen LogP contribution is -2.41. The fourth-order valence-corrected chi connectivity index (χ4v) is 3.78. The third-order valence-electron chi connectivity index (χ3n) is 4.53. The lowest BCUT2D eigenvalue weighted by atomic mass is 10.3. The van der Waals surface area contributed by atoms with Gasteiger partial charge in [0.2, 0.25) is 5.16 Å². The first-order chi connectivity index (χ1) is 12.3. The first kappa shape index (κ1) is 17.0. The summed E-state index contributed by atoms with van der Waals surface area (Å²) in [6.45, 7) is 4.00. The van der Waals surface area contributed by atoms with E-state index in [1.807, 2.05) is 22.9 Å². The molecule has 1 aliphatic heterocycles. The van der Waals surface area contributed by atoms with E-state index >= 15 is 0 Å². The Balaban J connectivity index is 1.39. The summed E-state index contributed by atoms with van der Waals surface area (Å²) in [5.74, 6) is 2.19. The molecule has 0 amide bonds. The Hall–Kier alpha value is -1.41. The first-order valence-corrected chi connectivity index (χ1v) is 9.91. The summed E-state index contributed by atoms with van der Waals surface area (Å²) in [5, 5.41) is 15.8. The number of β-amino-alcohol motifs (C(OH)–C–C–N with tert-alkyl or cyclic N) is 1. The van der Waals surface area contributed by atoms with Crippen molar-refractivity contribution in [2.75, 3.05) is 38.6 Å². The Labute approximate surface area is 152 Å². The van der Waals surface area contributed by atoms with Gasteiger partial charge in [0.25, 0.3) is 0 Å². The largest absolute Gasteiger partial charge is 0.391 e. The second-order valence-corrected chi connectivity index (χ2v) is 7.64. The van der Waals surface area contributed by atoms with Crippen molar-refractivity contribution < 1.29 is 9.84 Å². The van der Waals surface area contributed by atoms with E-state index in [-0.39, 0.29) is 6.10 Å². The molecule has 2 fully saturated rings. The molecule has 1 atom stereocenters. The fraction of sp³-hybridized carbons (Fsp3) is 0.556. The second kappa shape index (κ2) is 7.86. The number of thioether (sulfide) groups is 1. The van der Waals surface area contributed by atoms with Crippen LogP contribution in [0.1, 0.15) is 24.6 Å². The van der Waals surface area contributed by atoms with Crippen LogP contribution in [-0.4, -0.2) is 69.5 Å². The van der Waals surface area contributed by atoms with E-state index in [9.17, 15) is 5.11 Å². The van der Waals surface area contributed by atoms with Crippen LogP contribution in [0.5, 0.6) is 0 Å². The number of rotatable bonds is 7. The van der Waals surface area contributed by atoms with E-state index in [4.69, 9.17) is 9.72 Å². The van der Waals surface area contributed by atoms with Crippen LogP contribution in [0.2, 0.25) is 0 Å². The molecule has 1 aromatic carbocycles. The monoisotopic (exact) mass is 360 g/mol. The number of aromatic nitrogens is 3. The highest BCUT2D eigenvalue weighted by Gasteiger charge is 2.30. The Morgan fingerprint density at radius 1 is 1.20 bits per heavy atom. The van der Waals surface area contributed by atoms with Gasteiger partial charge in [0.1, 0.15) is 5.82 Å². The summed E-state index contributed by atoms with van der Waals surface area (Å²) < 4.78 is 7.31. The Bertz CT molecular complexity index is 684. The third kappa shape index (κ3) is 4.41. The predicted molar refractivity (Wildman–Crippen MR) is 97.3 cm³/mol. The number of morpholine rings is 1. The maximum Gasteiger partial charge on any atom is 0.209 e. The molecule has 1 saturated carbocycles. The molecule has 0 radical (unpaired) electrons. The first-order valence-electron chi connectivity index (χ1n) is 8.93. The van der Waals surface area contributed by atoms with Crippen LogP contribution in [0, 0.1) is 0 Å². The van der Waals surface area contributed by atoms with Crippen LogP contribution in [0.25, 0.3) is 5.69 Å². The molecule has 7 heteroatoms. The maximum atomic E-state index is 10.3. The van der Waals surface area contributed by atoms with E-state index in [0.717, 1.165) is 43.0 Å². The molecule has 4 rings (SSSR count). The van der Waals surface area contributed by atoms with Crippen molar-refractivity contribution in [2.24, 2.45) is 0 Å². The summed E-state index contributed by atoms with van der Waals surface area (Å²) in [6, 6.07) is 10.2. The zero-order valence-corrected chi connectivity index (χ0v) is 15.1. The van der Waals surface area contributed by atoms with Crippen molar-refractivity contribution in [3.63, 3.8) is 0 Å². The molecule has 1 saturated heterocycles. The lowest BCUT2D eigenvalue weighted by Gasteiger charge is -2.28. The second-order valence-electron chi connectivity index (χ2n) is 6.65. The van der Waals surface area contributed by atoms with Crippen molar-refractivity contribution >= 4 is 11.8 Å². The normalized spacial score (nSPS) is 19.9. The van der Waals surface area contributed by atoms with E-state index < -0.39 is 0 Å². The molecule has 1 aromatic heterocycles. The van der Waals surface area contributed by atoms with Crippen molar-refractivity contribution in [3.8, 4) is 5.69 Å². The Morgan fingerprint density at radius 3 is 2.68 bits per heavy atom. The van der Waals surface area contributed by atoms with Crippen molar-refractivity contribution in [1.29, 1.82) is 0 Å². The number of aliphatic hydroxyl groups is 1. The van der Waals surface area contributed by atoms with Crippen molar-refractivity contribution in [2.45, 2.75) is 30.0 Å². The summed E-state index contributed by atoms with van der Waals surface area (Å²) >= 11 is 1.54. The predicted octanol–water partition coefficient (Wildman–Crippen LogP) is 1.93. The minimum atomic E-state index is -0.379. The van der Waals surface area contributed by atoms with Crippen LogP contribution in [-0.2, 0) is 4.74 Å². The van der Waals surface area contributed by atoms with Gasteiger partial charge in [-0.05, 0) is 25.0 Å². The van der Waals surface area contributed by atoms with Crippen LogP contribution < -0.4 is 0 Å². The molecule has 0 bridgehead atoms. The third-order valence-corrected chi connectivity index (χ3v) is 5.52. The molecule has 2 aromatic rings. The number of para-hydroxylation sites is 1. The van der Waals surface area contributed by atoms with E-state index in [1.54, 1.807) is 11.8 Å². The molecule has 25 heavy (non-hydrogen) atoms. The van der Waals surface area contributed by atoms with Crippen LogP contribution >= 0.6 is 11.8 Å². The zero-order valence-electron chi connectivity index (χ0n) is 14.3. The van der Waals surface area contributed by atoms with E-state index in [2.05, 4.69) is 22.1 Å². The number of ether oxygens (including phenoxy) is 1. The van der Waals surface area contributed by atoms with E-state index in [1.165, 1.54) is 12.8 Å². The molecule has 1 N–H and O–H groups in total. The molecule has 6 nitrogen and oxygen atoms in total.